The van der Waals surface area contributed by atoms with Gasteiger partial charge in [0.05, 0.1) is 36.6 Å². The molecule has 8 N–H and O–H groups in total. The molecule has 2 aliphatic heterocycles. The highest BCUT2D eigenvalue weighted by Gasteiger charge is 2.44. The summed E-state index contributed by atoms with van der Waals surface area (Å²) < 4.78 is 23.6. The van der Waals surface area contributed by atoms with E-state index in [-0.39, 0.29) is 81.4 Å². The second-order valence-corrected chi connectivity index (χ2v) is 27.9. The van der Waals surface area contributed by atoms with Crippen molar-refractivity contribution in [2.75, 3.05) is 53.3 Å². The number of nitrogens with two attached hydrogens (primary N) is 1. The molecule has 27 heteroatoms. The summed E-state index contributed by atoms with van der Waals surface area (Å²) in [6, 6.07) is 8.46. The van der Waals surface area contributed by atoms with Crippen LogP contribution in [0.15, 0.2) is 66.7 Å². The molecule has 2 aromatic rings. The molecule has 2 heterocycles. The highest BCUT2D eigenvalue weighted by atomic mass is 16.6. The maximum absolute atomic E-state index is 14.9. The third kappa shape index (κ3) is 25.7. The van der Waals surface area contributed by atoms with Crippen LogP contribution in [0.4, 0.5) is 15.3 Å². The smallest absolute Gasteiger partial charge is 0.410 e. The van der Waals surface area contributed by atoms with Crippen LogP contribution in [-0.4, -0.2) is 199 Å². The average molecular weight is 1390 g/mol. The minimum Gasteiger partial charge on any atom is -0.458 e. The molecule has 0 unspecified atom stereocenters. The second kappa shape index (κ2) is 40.0. The van der Waals surface area contributed by atoms with Gasteiger partial charge in [-0.1, -0.05) is 118 Å². The van der Waals surface area contributed by atoms with Crippen LogP contribution in [0, 0.1) is 29.6 Å². The van der Waals surface area contributed by atoms with Gasteiger partial charge < -0.3 is 66.4 Å². The zero-order valence-corrected chi connectivity index (χ0v) is 60.9. The highest BCUT2D eigenvalue weighted by molar-refractivity contribution is 6.12. The number of methoxy groups -OCH3 is 2. The van der Waals surface area contributed by atoms with E-state index in [0.29, 0.717) is 56.3 Å². The van der Waals surface area contributed by atoms with Crippen molar-refractivity contribution < 1.29 is 76.5 Å². The summed E-state index contributed by atoms with van der Waals surface area (Å²) in [5.41, 5.74) is 6.13. The van der Waals surface area contributed by atoms with Crippen LogP contribution in [0.25, 0.3) is 0 Å². The fourth-order valence-electron chi connectivity index (χ4n) is 12.4. The van der Waals surface area contributed by atoms with Crippen molar-refractivity contribution in [1.82, 2.24) is 46.2 Å². The third-order valence-electron chi connectivity index (χ3n) is 18.0. The summed E-state index contributed by atoms with van der Waals surface area (Å²) >= 11 is 0. The monoisotopic (exact) mass is 1390 g/mol. The number of unbranched alkanes of at least 4 members (excludes halogenated alkanes) is 2. The summed E-state index contributed by atoms with van der Waals surface area (Å²) in [6.07, 6.45) is 3.81. The average Bonchev–Trinajstić information content (AvgIpc) is 1.75. The van der Waals surface area contributed by atoms with Gasteiger partial charge in [0.2, 0.25) is 41.4 Å². The van der Waals surface area contributed by atoms with Crippen LogP contribution >= 0.6 is 0 Å². The topological polar surface area (TPSA) is 353 Å². The van der Waals surface area contributed by atoms with E-state index in [0.717, 1.165) is 10.5 Å². The number of amides is 12. The van der Waals surface area contributed by atoms with Gasteiger partial charge in [0.15, 0.2) is 0 Å². The number of urea groups is 1. The Labute approximate surface area is 584 Å². The molecule has 2 aromatic carbocycles. The third-order valence-corrected chi connectivity index (χ3v) is 18.0. The van der Waals surface area contributed by atoms with Gasteiger partial charge in [0, 0.05) is 78.6 Å². The Morgan fingerprint density at radius 2 is 1.31 bits per heavy atom. The number of likely N-dealkylation sites (tertiary alicyclic amines) is 1. The number of ether oxygens (including phenoxy) is 4. The Kier molecular flexibility index (Phi) is 33.5. The first kappa shape index (κ1) is 83.0. The Bertz CT molecular complexity index is 3070. The Hall–Kier alpha value is -8.46. The van der Waals surface area contributed by atoms with Crippen molar-refractivity contribution >= 4 is 76.9 Å². The molecule has 0 aliphatic carbocycles. The number of nitrogens with one attached hydrogen (secondary N) is 6. The van der Waals surface area contributed by atoms with Crippen LogP contribution in [0.1, 0.15) is 158 Å². The van der Waals surface area contributed by atoms with E-state index in [1.54, 1.807) is 105 Å². The first-order chi connectivity index (χ1) is 46.6. The SMILES string of the molecule is CC[C@H](C)[C@@H]([C@@H](CC(=O)N1CCC[C@H]1[C@H](OC)[C@@H](C)C(=O)N[C@@H](Cc1ccccc1)C(=O)OC(C)(C)C)OC)N(C)C(=O)[C@@H](NC(=O)[C@H](C(C)C)N(C)C(=O)OCc1ccc(NC(=O)[C@H](CCCNC(N)=O)NC(=O)[C@@H](NC(=O)CCCCCN2C(=O)C=CC2=O)C(C)C)cc1)C(C)C. The van der Waals surface area contributed by atoms with E-state index in [4.69, 9.17) is 24.7 Å². The fraction of sp³-hybridized carbons (Fsp3) is 0.639. The van der Waals surface area contributed by atoms with Crippen molar-refractivity contribution in [3.8, 4) is 0 Å². The Balaban J connectivity index is 1.39. The summed E-state index contributed by atoms with van der Waals surface area (Å²) in [7, 11) is 6.04. The van der Waals surface area contributed by atoms with Gasteiger partial charge in [-0.3, -0.25) is 53.0 Å². The van der Waals surface area contributed by atoms with Gasteiger partial charge in [0.25, 0.3) is 11.8 Å². The number of esters is 1. The van der Waals surface area contributed by atoms with Gasteiger partial charge in [0.1, 0.15) is 42.4 Å². The van der Waals surface area contributed by atoms with Crippen molar-refractivity contribution in [3.05, 3.63) is 77.9 Å². The maximum Gasteiger partial charge on any atom is 0.410 e. The number of imide groups is 1. The predicted molar refractivity (Wildman–Crippen MR) is 372 cm³/mol. The van der Waals surface area contributed by atoms with E-state index in [1.807, 2.05) is 44.2 Å². The standard InChI is InChI=1S/C72H111N11O16/c1-17-46(8)62(54(96-15)41-58(87)82-39-25-29-53(82)63(97-16)47(9)64(88)77-52(69(93)99-72(10,11)12)40-48-26-20-18-21-27-48)80(13)68(92)60(44(4)5)79-67(91)61(45(6)7)81(14)71(95)98-42-49-31-33-50(34-32-49)75-65(89)51(28-24-37-74-70(73)94)76-66(90)59(43(2)3)78-55(84)30-22-19-23-38-83-56(85)35-36-57(83)86/h18,20-21,26-27,31-36,43-47,51-54,59-63H,17,19,22-25,28-30,37-42H2,1-16H3,(H,75,89)(H,76,90)(H,77,88)(H,78,84)(H,79,91)(H3,73,74,94)/t46-,47+,51-,52-,53-,54+,59-,60-,61-,62-,63+/m0/s1. The number of carbonyl (C=O) groups is 12. The Morgan fingerprint density at radius 1 is 0.687 bits per heavy atom. The summed E-state index contributed by atoms with van der Waals surface area (Å²) in [4.78, 5) is 167. The normalized spacial score (nSPS) is 16.9. The van der Waals surface area contributed by atoms with E-state index in [2.05, 4.69) is 31.9 Å². The quantitative estimate of drug-likeness (QED) is 0.0232. The van der Waals surface area contributed by atoms with Crippen molar-refractivity contribution in [3.63, 3.8) is 0 Å². The van der Waals surface area contributed by atoms with Gasteiger partial charge in [-0.15, -0.1) is 0 Å². The zero-order chi connectivity index (χ0) is 74.0. The molecule has 11 atom stereocenters. The van der Waals surface area contributed by atoms with Crippen molar-refractivity contribution in [1.29, 1.82) is 0 Å². The lowest BCUT2D eigenvalue weighted by Gasteiger charge is -2.41. The second-order valence-electron chi connectivity index (χ2n) is 27.9. The molecule has 0 aromatic heterocycles. The zero-order valence-electron chi connectivity index (χ0n) is 60.9. The minimum absolute atomic E-state index is 0.0800. The lowest BCUT2D eigenvalue weighted by molar-refractivity contribution is -0.159. The number of carbonyl (C=O) groups excluding carboxylic acids is 12. The number of likely N-dealkylation sites (N-methyl/N-ethyl adjacent to an activating group) is 2. The molecule has 0 bridgehead atoms. The van der Waals surface area contributed by atoms with E-state index >= 15 is 0 Å². The molecule has 99 heavy (non-hydrogen) atoms. The van der Waals surface area contributed by atoms with E-state index in [1.165, 1.54) is 43.2 Å². The number of primary amides is 1. The van der Waals surface area contributed by atoms with Crippen LogP contribution < -0.4 is 37.6 Å². The Morgan fingerprint density at radius 3 is 1.88 bits per heavy atom. The van der Waals surface area contributed by atoms with Crippen LogP contribution in [-0.2, 0) is 79.9 Å². The van der Waals surface area contributed by atoms with Crippen LogP contribution in [0.2, 0.25) is 0 Å². The van der Waals surface area contributed by atoms with Gasteiger partial charge >= 0.3 is 18.1 Å². The van der Waals surface area contributed by atoms with Crippen molar-refractivity contribution in [2.24, 2.45) is 35.3 Å². The number of hydrogen-bond donors (Lipinski definition) is 7. The van der Waals surface area contributed by atoms with Gasteiger partial charge in [-0.25, -0.2) is 14.4 Å². The van der Waals surface area contributed by atoms with Crippen molar-refractivity contribution in [2.45, 2.75) is 220 Å². The summed E-state index contributed by atoms with van der Waals surface area (Å²) in [6.45, 7) is 22.0. The number of rotatable bonds is 39. The van der Waals surface area contributed by atoms with E-state index in [9.17, 15) is 57.5 Å². The number of anilines is 1. The number of nitrogens with zero attached hydrogens (tertiary/aromatic N) is 4. The molecule has 2 aliphatic rings. The lowest BCUT2D eigenvalue weighted by atomic mass is 9.89. The molecule has 0 radical (unpaired) electrons. The molecule has 1 fully saturated rings. The maximum atomic E-state index is 14.9. The molecule has 12 amide bonds. The predicted octanol–water partition coefficient (Wildman–Crippen LogP) is 5.91. The number of hydrogen-bond acceptors (Lipinski definition) is 16. The van der Waals surface area contributed by atoms with E-state index < -0.39 is 131 Å². The van der Waals surface area contributed by atoms with Gasteiger partial charge in [-0.05, 0) is 106 Å². The molecular weight excluding hydrogens is 1270 g/mol. The molecule has 1 saturated heterocycles. The first-order valence-electron chi connectivity index (χ1n) is 34.6. The molecule has 0 spiro atoms. The lowest BCUT2D eigenvalue weighted by Crippen LogP contribution is -2.60. The molecular formula is C72H111N11O16. The number of benzene rings is 2. The largest absolute Gasteiger partial charge is 0.458 e. The van der Waals surface area contributed by atoms with Crippen LogP contribution in [0.5, 0.6) is 0 Å². The fourth-order valence-corrected chi connectivity index (χ4v) is 12.4. The van der Waals surface area contributed by atoms with Gasteiger partial charge in [-0.2, -0.15) is 0 Å². The molecule has 550 valence electrons. The highest BCUT2D eigenvalue weighted by Crippen LogP contribution is 2.31. The van der Waals surface area contributed by atoms with Crippen LogP contribution in [0.3, 0.4) is 0 Å². The summed E-state index contributed by atoms with van der Waals surface area (Å²) in [5, 5.41) is 16.6. The molecule has 0 saturated carbocycles. The first-order valence-corrected chi connectivity index (χ1v) is 34.6. The molecule has 27 nitrogen and oxygen atoms in total. The molecule has 4 rings (SSSR count). The minimum atomic E-state index is -1.12. The summed E-state index contributed by atoms with van der Waals surface area (Å²) in [5.74, 6) is -6.94.